The van der Waals surface area contributed by atoms with Gasteiger partial charge in [-0.2, -0.15) is 0 Å². The van der Waals surface area contributed by atoms with E-state index in [1.807, 2.05) is 24.3 Å². The zero-order valence-corrected chi connectivity index (χ0v) is 16.2. The maximum absolute atomic E-state index is 12.6. The van der Waals surface area contributed by atoms with Crippen molar-refractivity contribution in [3.05, 3.63) is 72.7 Å². The summed E-state index contributed by atoms with van der Waals surface area (Å²) in [5.74, 6) is 1.18. The zero-order valence-electron chi connectivity index (χ0n) is 16.2. The SMILES string of the molecule is O=C(NCc1cccnc1)C1CCN(c2nc3ccccc3n3cccc23)CC1. The fraction of sp³-hybridized carbons (Fsp3) is 0.261. The van der Waals surface area contributed by atoms with Crippen LogP contribution in [0.2, 0.25) is 0 Å². The molecular formula is C23H23N5O. The van der Waals surface area contributed by atoms with Crippen LogP contribution in [0.4, 0.5) is 5.82 Å². The summed E-state index contributed by atoms with van der Waals surface area (Å²) in [6.07, 6.45) is 7.28. The van der Waals surface area contributed by atoms with E-state index in [9.17, 15) is 4.79 Å². The molecule has 6 nitrogen and oxygen atoms in total. The third-order valence-electron chi connectivity index (χ3n) is 5.70. The fourth-order valence-corrected chi connectivity index (χ4v) is 4.13. The van der Waals surface area contributed by atoms with Crippen molar-refractivity contribution >= 4 is 28.3 Å². The van der Waals surface area contributed by atoms with Crippen molar-refractivity contribution in [2.45, 2.75) is 19.4 Å². The van der Waals surface area contributed by atoms with Crippen LogP contribution in [0.3, 0.4) is 0 Å². The van der Waals surface area contributed by atoms with E-state index in [-0.39, 0.29) is 11.8 Å². The van der Waals surface area contributed by atoms with Crippen molar-refractivity contribution in [2.24, 2.45) is 5.92 Å². The van der Waals surface area contributed by atoms with Crippen LogP contribution >= 0.6 is 0 Å². The van der Waals surface area contributed by atoms with Gasteiger partial charge in [0.1, 0.15) is 0 Å². The van der Waals surface area contributed by atoms with Crippen LogP contribution in [-0.2, 0) is 11.3 Å². The minimum absolute atomic E-state index is 0.0474. The molecule has 29 heavy (non-hydrogen) atoms. The lowest BCUT2D eigenvalue weighted by Gasteiger charge is -2.32. The fourth-order valence-electron chi connectivity index (χ4n) is 4.13. The summed E-state index contributed by atoms with van der Waals surface area (Å²) in [5.41, 5.74) is 4.24. The van der Waals surface area contributed by atoms with Gasteiger partial charge >= 0.3 is 0 Å². The van der Waals surface area contributed by atoms with Gasteiger partial charge in [-0.05, 0) is 48.7 Å². The van der Waals surface area contributed by atoms with Crippen molar-refractivity contribution in [3.8, 4) is 0 Å². The van der Waals surface area contributed by atoms with Crippen LogP contribution in [0, 0.1) is 5.92 Å². The Labute approximate surface area is 169 Å². The number of piperidine rings is 1. The van der Waals surface area contributed by atoms with Crippen LogP contribution < -0.4 is 10.2 Å². The largest absolute Gasteiger partial charge is 0.355 e. The molecule has 146 valence electrons. The maximum atomic E-state index is 12.6. The lowest BCUT2D eigenvalue weighted by Crippen LogP contribution is -2.40. The number of nitrogens with zero attached hydrogens (tertiary/aromatic N) is 4. The van der Waals surface area contributed by atoms with Crippen LogP contribution in [-0.4, -0.2) is 33.4 Å². The van der Waals surface area contributed by atoms with Gasteiger partial charge in [-0.15, -0.1) is 0 Å². The van der Waals surface area contributed by atoms with E-state index in [2.05, 4.69) is 50.1 Å². The molecule has 3 aromatic heterocycles. The summed E-state index contributed by atoms with van der Waals surface area (Å²) in [6.45, 7) is 2.19. The normalized spacial score (nSPS) is 15.1. The first-order valence-corrected chi connectivity index (χ1v) is 10.1. The number of pyridine rings is 1. The molecule has 0 radical (unpaired) electrons. The molecular weight excluding hydrogens is 362 g/mol. The van der Waals surface area contributed by atoms with Crippen LogP contribution in [0.15, 0.2) is 67.1 Å². The molecule has 1 amide bonds. The average Bonchev–Trinajstić information content (AvgIpc) is 3.28. The third kappa shape index (κ3) is 3.42. The number of aromatic nitrogens is 3. The molecule has 1 N–H and O–H groups in total. The van der Waals surface area contributed by atoms with Gasteiger partial charge in [-0.25, -0.2) is 4.98 Å². The molecule has 0 spiro atoms. The molecule has 1 aromatic carbocycles. The summed E-state index contributed by atoms with van der Waals surface area (Å²) < 4.78 is 2.20. The quantitative estimate of drug-likeness (QED) is 0.585. The average molecular weight is 385 g/mol. The van der Waals surface area contributed by atoms with Gasteiger partial charge in [-0.3, -0.25) is 9.78 Å². The molecule has 1 aliphatic rings. The first-order valence-electron chi connectivity index (χ1n) is 10.1. The maximum Gasteiger partial charge on any atom is 0.223 e. The highest BCUT2D eigenvalue weighted by molar-refractivity contribution is 5.85. The second-order valence-electron chi connectivity index (χ2n) is 7.53. The summed E-state index contributed by atoms with van der Waals surface area (Å²) in [5, 5.41) is 3.06. The Morgan fingerprint density at radius 1 is 1.03 bits per heavy atom. The molecule has 1 saturated heterocycles. The number of benzene rings is 1. The molecule has 4 heterocycles. The lowest BCUT2D eigenvalue weighted by atomic mass is 9.95. The van der Waals surface area contributed by atoms with Crippen molar-refractivity contribution in [2.75, 3.05) is 18.0 Å². The van der Waals surface area contributed by atoms with Gasteiger partial charge in [0.2, 0.25) is 5.91 Å². The Kier molecular flexibility index (Phi) is 4.60. The number of rotatable bonds is 4. The van der Waals surface area contributed by atoms with Gasteiger partial charge in [-0.1, -0.05) is 18.2 Å². The number of hydrogen-bond acceptors (Lipinski definition) is 4. The zero-order chi connectivity index (χ0) is 19.6. The Morgan fingerprint density at radius 3 is 2.69 bits per heavy atom. The minimum atomic E-state index is 0.0474. The van der Waals surface area contributed by atoms with Gasteiger partial charge in [0, 0.05) is 44.1 Å². The van der Waals surface area contributed by atoms with Gasteiger partial charge in [0.15, 0.2) is 5.82 Å². The van der Waals surface area contributed by atoms with Crippen molar-refractivity contribution < 1.29 is 4.79 Å². The van der Waals surface area contributed by atoms with E-state index in [0.717, 1.165) is 53.9 Å². The predicted octanol–water partition coefficient (Wildman–Crippen LogP) is 3.42. The van der Waals surface area contributed by atoms with E-state index in [1.165, 1.54) is 0 Å². The first kappa shape index (κ1) is 17.7. The Morgan fingerprint density at radius 2 is 1.86 bits per heavy atom. The van der Waals surface area contributed by atoms with Crippen molar-refractivity contribution in [3.63, 3.8) is 0 Å². The summed E-state index contributed by atoms with van der Waals surface area (Å²) >= 11 is 0. The third-order valence-corrected chi connectivity index (χ3v) is 5.70. The number of anilines is 1. The standard InChI is InChI=1S/C23H23N5O/c29-23(25-16-17-5-3-11-24-15-17)18-9-13-27(14-10-18)22-21-8-4-12-28(21)20-7-2-1-6-19(20)26-22/h1-8,11-12,15,18H,9-10,13-14,16H2,(H,25,29). The molecule has 0 atom stereocenters. The Hall–Kier alpha value is -3.41. The highest BCUT2D eigenvalue weighted by Crippen LogP contribution is 2.29. The number of carbonyl (C=O) groups excluding carboxylic acids is 1. The molecule has 1 fully saturated rings. The van der Waals surface area contributed by atoms with Gasteiger partial charge in [0.05, 0.1) is 16.6 Å². The van der Waals surface area contributed by atoms with E-state index in [0.29, 0.717) is 6.54 Å². The number of fused-ring (bicyclic) bond motifs is 3. The van der Waals surface area contributed by atoms with Crippen molar-refractivity contribution in [1.82, 2.24) is 19.7 Å². The predicted molar refractivity (Wildman–Crippen MR) is 114 cm³/mol. The monoisotopic (exact) mass is 385 g/mol. The number of para-hydroxylation sites is 2. The van der Waals surface area contributed by atoms with Crippen LogP contribution in [0.5, 0.6) is 0 Å². The molecule has 0 aliphatic carbocycles. The minimum Gasteiger partial charge on any atom is -0.355 e. The number of amides is 1. The summed E-state index contributed by atoms with van der Waals surface area (Å²) in [7, 11) is 0. The summed E-state index contributed by atoms with van der Waals surface area (Å²) in [6, 6.07) is 16.2. The molecule has 0 unspecified atom stereocenters. The smallest absolute Gasteiger partial charge is 0.223 e. The van der Waals surface area contributed by atoms with E-state index < -0.39 is 0 Å². The summed E-state index contributed by atoms with van der Waals surface area (Å²) in [4.78, 5) is 23.9. The molecule has 0 bridgehead atoms. The number of hydrogen-bond donors (Lipinski definition) is 1. The van der Waals surface area contributed by atoms with Gasteiger partial charge in [0.25, 0.3) is 0 Å². The molecule has 6 heteroatoms. The topological polar surface area (TPSA) is 62.5 Å². The van der Waals surface area contributed by atoms with Gasteiger partial charge < -0.3 is 14.6 Å². The first-order chi connectivity index (χ1) is 14.3. The number of carbonyl (C=O) groups is 1. The van der Waals surface area contributed by atoms with Crippen molar-refractivity contribution in [1.29, 1.82) is 0 Å². The molecule has 5 rings (SSSR count). The highest BCUT2D eigenvalue weighted by atomic mass is 16.1. The Bertz CT molecular complexity index is 1150. The van der Waals surface area contributed by atoms with E-state index in [1.54, 1.807) is 12.4 Å². The number of nitrogens with one attached hydrogen (secondary N) is 1. The van der Waals surface area contributed by atoms with E-state index >= 15 is 0 Å². The second-order valence-corrected chi connectivity index (χ2v) is 7.53. The van der Waals surface area contributed by atoms with Crippen LogP contribution in [0.25, 0.3) is 16.6 Å². The molecule has 1 aliphatic heterocycles. The van der Waals surface area contributed by atoms with E-state index in [4.69, 9.17) is 4.98 Å². The second kappa shape index (κ2) is 7.54. The highest BCUT2D eigenvalue weighted by Gasteiger charge is 2.26. The molecule has 0 saturated carbocycles. The van der Waals surface area contributed by atoms with Crippen LogP contribution in [0.1, 0.15) is 18.4 Å². The lowest BCUT2D eigenvalue weighted by molar-refractivity contribution is -0.125. The molecule has 4 aromatic rings. The Balaban J connectivity index is 1.29.